The van der Waals surface area contributed by atoms with E-state index in [-0.39, 0.29) is 11.8 Å². The number of rotatable bonds is 4. The Morgan fingerprint density at radius 1 is 1.00 bits per heavy atom. The molecule has 0 aliphatic heterocycles. The Bertz CT molecular complexity index is 1010. The molecule has 0 aliphatic carbocycles. The standard InChI is InChI=1S/C19H15Cl2N3O2S/c1-10-17(27-19(22-10)16-14(20)7-4-8-15(16)21)18(26)24-13-6-3-5-12(9-13)23-11(2)25/h3-9H,1-2H3,(H,23,25)(H,24,26). The first-order chi connectivity index (χ1) is 12.8. The second-order valence-corrected chi connectivity index (χ2v) is 7.56. The summed E-state index contributed by atoms with van der Waals surface area (Å²) >= 11 is 13.7. The van der Waals surface area contributed by atoms with Crippen molar-refractivity contribution >= 4 is 57.7 Å². The predicted molar refractivity (Wildman–Crippen MR) is 111 cm³/mol. The van der Waals surface area contributed by atoms with Gasteiger partial charge in [-0.3, -0.25) is 9.59 Å². The van der Waals surface area contributed by atoms with E-state index < -0.39 is 0 Å². The summed E-state index contributed by atoms with van der Waals surface area (Å²) in [6.45, 7) is 3.18. The number of carbonyl (C=O) groups is 2. The first kappa shape index (κ1) is 19.4. The molecular formula is C19H15Cl2N3O2S. The maximum atomic E-state index is 12.7. The zero-order valence-electron chi connectivity index (χ0n) is 14.5. The van der Waals surface area contributed by atoms with E-state index >= 15 is 0 Å². The lowest BCUT2D eigenvalue weighted by Crippen LogP contribution is -2.12. The van der Waals surface area contributed by atoms with Crippen LogP contribution in [0.25, 0.3) is 10.6 Å². The number of thiazole rings is 1. The van der Waals surface area contributed by atoms with Gasteiger partial charge >= 0.3 is 0 Å². The molecule has 0 fully saturated rings. The molecule has 5 nitrogen and oxygen atoms in total. The molecule has 3 aromatic rings. The molecule has 1 aromatic heterocycles. The Hall–Kier alpha value is -2.41. The van der Waals surface area contributed by atoms with E-state index in [1.807, 2.05) is 0 Å². The normalized spacial score (nSPS) is 10.5. The summed E-state index contributed by atoms with van der Waals surface area (Å²) in [5.41, 5.74) is 2.36. The number of nitrogens with zero attached hydrogens (tertiary/aromatic N) is 1. The van der Waals surface area contributed by atoms with Crippen LogP contribution in [0, 0.1) is 6.92 Å². The third-order valence-corrected chi connectivity index (χ3v) is 5.42. The molecule has 8 heteroatoms. The van der Waals surface area contributed by atoms with Crippen LogP contribution in [-0.4, -0.2) is 16.8 Å². The number of hydrogen-bond acceptors (Lipinski definition) is 4. The lowest BCUT2D eigenvalue weighted by atomic mass is 10.2. The number of carbonyl (C=O) groups excluding carboxylic acids is 2. The van der Waals surface area contributed by atoms with Crippen LogP contribution in [-0.2, 0) is 4.79 Å². The maximum absolute atomic E-state index is 12.7. The van der Waals surface area contributed by atoms with Gasteiger partial charge in [0.1, 0.15) is 9.88 Å². The van der Waals surface area contributed by atoms with Crippen LogP contribution in [0.2, 0.25) is 10.0 Å². The number of anilines is 2. The molecule has 0 aliphatic rings. The molecule has 2 N–H and O–H groups in total. The summed E-state index contributed by atoms with van der Waals surface area (Å²) in [7, 11) is 0. The third-order valence-electron chi connectivity index (χ3n) is 3.62. The minimum atomic E-state index is -0.292. The molecule has 138 valence electrons. The van der Waals surface area contributed by atoms with E-state index in [0.29, 0.717) is 42.6 Å². The lowest BCUT2D eigenvalue weighted by Gasteiger charge is -2.07. The average molecular weight is 420 g/mol. The van der Waals surface area contributed by atoms with Gasteiger partial charge < -0.3 is 10.6 Å². The number of benzene rings is 2. The van der Waals surface area contributed by atoms with E-state index in [1.165, 1.54) is 18.3 Å². The van der Waals surface area contributed by atoms with Gasteiger partial charge in [-0.2, -0.15) is 0 Å². The van der Waals surface area contributed by atoms with Crippen LogP contribution in [0.4, 0.5) is 11.4 Å². The molecular weight excluding hydrogens is 405 g/mol. The number of nitrogens with one attached hydrogen (secondary N) is 2. The van der Waals surface area contributed by atoms with Crippen LogP contribution in [0.3, 0.4) is 0 Å². The molecule has 0 atom stereocenters. The topological polar surface area (TPSA) is 71.1 Å². The maximum Gasteiger partial charge on any atom is 0.267 e. The van der Waals surface area contributed by atoms with Gasteiger partial charge in [-0.15, -0.1) is 11.3 Å². The number of aryl methyl sites for hydroxylation is 1. The number of aromatic nitrogens is 1. The van der Waals surface area contributed by atoms with E-state index in [1.54, 1.807) is 49.4 Å². The largest absolute Gasteiger partial charge is 0.326 e. The quantitative estimate of drug-likeness (QED) is 0.574. The van der Waals surface area contributed by atoms with E-state index in [9.17, 15) is 9.59 Å². The zero-order valence-corrected chi connectivity index (χ0v) is 16.8. The molecule has 0 unspecified atom stereocenters. The van der Waals surface area contributed by atoms with Crippen molar-refractivity contribution in [2.24, 2.45) is 0 Å². The Labute approximate surface area is 170 Å². The first-order valence-corrected chi connectivity index (χ1v) is 9.53. The molecule has 0 radical (unpaired) electrons. The fourth-order valence-corrected chi connectivity index (χ4v) is 4.21. The first-order valence-electron chi connectivity index (χ1n) is 7.96. The fourth-order valence-electron chi connectivity index (χ4n) is 2.48. The highest BCUT2D eigenvalue weighted by molar-refractivity contribution is 7.17. The fraction of sp³-hybridized carbons (Fsp3) is 0.105. The minimum absolute atomic E-state index is 0.182. The molecule has 3 rings (SSSR count). The predicted octanol–water partition coefficient (Wildman–Crippen LogP) is 5.64. The van der Waals surface area contributed by atoms with Crippen LogP contribution in [0.15, 0.2) is 42.5 Å². The van der Waals surface area contributed by atoms with Gasteiger partial charge in [-0.05, 0) is 37.3 Å². The molecule has 1 heterocycles. The Balaban J connectivity index is 1.86. The highest BCUT2D eigenvalue weighted by Crippen LogP contribution is 2.38. The van der Waals surface area contributed by atoms with Crippen molar-refractivity contribution in [1.29, 1.82) is 0 Å². The smallest absolute Gasteiger partial charge is 0.267 e. The molecule has 0 bridgehead atoms. The molecule has 0 saturated heterocycles. The van der Waals surface area contributed by atoms with Crippen LogP contribution >= 0.6 is 34.5 Å². The minimum Gasteiger partial charge on any atom is -0.326 e. The molecule has 2 amide bonds. The van der Waals surface area contributed by atoms with Crippen molar-refractivity contribution < 1.29 is 9.59 Å². The lowest BCUT2D eigenvalue weighted by molar-refractivity contribution is -0.114. The van der Waals surface area contributed by atoms with Gasteiger partial charge in [-0.1, -0.05) is 35.3 Å². The average Bonchev–Trinajstić information content (AvgIpc) is 2.96. The number of halogens is 2. The summed E-state index contributed by atoms with van der Waals surface area (Å²) in [5, 5.41) is 7.04. The molecule has 0 saturated carbocycles. The molecule has 0 spiro atoms. The summed E-state index contributed by atoms with van der Waals surface area (Å²) in [6.07, 6.45) is 0. The Kier molecular flexibility index (Phi) is 5.79. The number of amides is 2. The van der Waals surface area contributed by atoms with Gasteiger partial charge in [0.25, 0.3) is 5.91 Å². The summed E-state index contributed by atoms with van der Waals surface area (Å²) in [4.78, 5) is 28.8. The Morgan fingerprint density at radius 3 is 2.22 bits per heavy atom. The van der Waals surface area contributed by atoms with Crippen molar-refractivity contribution in [1.82, 2.24) is 4.98 Å². The van der Waals surface area contributed by atoms with Crippen LogP contribution in [0.5, 0.6) is 0 Å². The van der Waals surface area contributed by atoms with Crippen molar-refractivity contribution in [3.05, 3.63) is 63.1 Å². The van der Waals surface area contributed by atoms with Crippen LogP contribution in [0.1, 0.15) is 22.3 Å². The van der Waals surface area contributed by atoms with Gasteiger partial charge in [-0.25, -0.2) is 4.98 Å². The second-order valence-electron chi connectivity index (χ2n) is 5.75. The van der Waals surface area contributed by atoms with Crippen molar-refractivity contribution in [2.75, 3.05) is 10.6 Å². The Morgan fingerprint density at radius 2 is 1.59 bits per heavy atom. The van der Waals surface area contributed by atoms with E-state index in [0.717, 1.165) is 0 Å². The van der Waals surface area contributed by atoms with Gasteiger partial charge in [0, 0.05) is 23.9 Å². The second kappa shape index (κ2) is 8.08. The summed E-state index contributed by atoms with van der Waals surface area (Å²) < 4.78 is 0. The summed E-state index contributed by atoms with van der Waals surface area (Å²) in [6, 6.07) is 12.1. The van der Waals surface area contributed by atoms with Gasteiger partial charge in [0.15, 0.2) is 0 Å². The monoisotopic (exact) mass is 419 g/mol. The third kappa shape index (κ3) is 4.47. The van der Waals surface area contributed by atoms with Gasteiger partial charge in [0.05, 0.1) is 15.7 Å². The highest BCUT2D eigenvalue weighted by atomic mass is 35.5. The number of hydrogen-bond donors (Lipinski definition) is 2. The zero-order chi connectivity index (χ0) is 19.6. The SMILES string of the molecule is CC(=O)Nc1cccc(NC(=O)c2sc(-c3c(Cl)cccc3Cl)nc2C)c1. The van der Waals surface area contributed by atoms with E-state index in [2.05, 4.69) is 15.6 Å². The van der Waals surface area contributed by atoms with Gasteiger partial charge in [0.2, 0.25) is 5.91 Å². The van der Waals surface area contributed by atoms with Crippen molar-refractivity contribution in [3.8, 4) is 10.6 Å². The summed E-state index contributed by atoms with van der Waals surface area (Å²) in [5.74, 6) is -0.475. The van der Waals surface area contributed by atoms with Crippen molar-refractivity contribution in [3.63, 3.8) is 0 Å². The van der Waals surface area contributed by atoms with Crippen LogP contribution < -0.4 is 10.6 Å². The molecule has 27 heavy (non-hydrogen) atoms. The van der Waals surface area contributed by atoms with E-state index in [4.69, 9.17) is 23.2 Å². The molecule has 2 aromatic carbocycles. The van der Waals surface area contributed by atoms with Crippen molar-refractivity contribution in [2.45, 2.75) is 13.8 Å². The highest BCUT2D eigenvalue weighted by Gasteiger charge is 2.19.